The van der Waals surface area contributed by atoms with Crippen molar-refractivity contribution in [3.63, 3.8) is 0 Å². The van der Waals surface area contributed by atoms with Crippen LogP contribution in [0.15, 0.2) is 30.6 Å². The summed E-state index contributed by atoms with van der Waals surface area (Å²) < 4.78 is 1.99. The lowest BCUT2D eigenvalue weighted by Crippen LogP contribution is -2.07. The van der Waals surface area contributed by atoms with Gasteiger partial charge in [0.1, 0.15) is 0 Å². The summed E-state index contributed by atoms with van der Waals surface area (Å²) in [4.78, 5) is 4.35. The highest BCUT2D eigenvalue weighted by Crippen LogP contribution is 2.19. The maximum atomic E-state index is 9.85. The third-order valence-corrected chi connectivity index (χ3v) is 3.21. The fourth-order valence-electron chi connectivity index (χ4n) is 2.10. The van der Waals surface area contributed by atoms with E-state index in [2.05, 4.69) is 4.98 Å². The quantitative estimate of drug-likeness (QED) is 0.921. The molecule has 0 saturated heterocycles. The zero-order valence-electron chi connectivity index (χ0n) is 10.6. The Morgan fingerprint density at radius 1 is 1.33 bits per heavy atom. The Bertz CT molecular complexity index is 517. The van der Waals surface area contributed by atoms with Gasteiger partial charge in [0.25, 0.3) is 0 Å². The Hall–Kier alpha value is -1.32. The van der Waals surface area contributed by atoms with E-state index in [4.69, 9.17) is 11.6 Å². The van der Waals surface area contributed by atoms with Crippen molar-refractivity contribution in [2.45, 2.75) is 32.9 Å². The van der Waals surface area contributed by atoms with Crippen molar-refractivity contribution in [2.75, 3.05) is 0 Å². The third kappa shape index (κ3) is 2.74. The first-order valence-electron chi connectivity index (χ1n) is 6.08. The van der Waals surface area contributed by atoms with E-state index < -0.39 is 6.10 Å². The van der Waals surface area contributed by atoms with Crippen LogP contribution in [-0.2, 0) is 13.0 Å². The second kappa shape index (κ2) is 5.55. The van der Waals surface area contributed by atoms with Crippen LogP contribution in [0.3, 0.4) is 0 Å². The van der Waals surface area contributed by atoms with Gasteiger partial charge in [0.2, 0.25) is 0 Å². The molecule has 2 rings (SSSR count). The van der Waals surface area contributed by atoms with Crippen molar-refractivity contribution in [3.8, 4) is 0 Å². The van der Waals surface area contributed by atoms with Crippen LogP contribution in [0.2, 0.25) is 5.02 Å². The average Bonchev–Trinajstić information content (AvgIpc) is 2.75. The number of nitrogens with zero attached hydrogens (tertiary/aromatic N) is 2. The molecule has 0 saturated carbocycles. The molecule has 2 aromatic rings. The maximum Gasteiger partial charge on any atom is 0.0955 e. The molecule has 0 aliphatic heterocycles. The Morgan fingerprint density at radius 3 is 2.56 bits per heavy atom. The molecule has 96 valence electrons. The van der Waals surface area contributed by atoms with Crippen LogP contribution in [0.4, 0.5) is 0 Å². The predicted molar refractivity (Wildman–Crippen MR) is 72.8 cm³/mol. The van der Waals surface area contributed by atoms with Gasteiger partial charge in [-0.05, 0) is 31.0 Å². The first-order valence-corrected chi connectivity index (χ1v) is 6.46. The van der Waals surface area contributed by atoms with Crippen molar-refractivity contribution in [1.82, 2.24) is 9.55 Å². The zero-order chi connectivity index (χ0) is 13.1. The second-order valence-corrected chi connectivity index (χ2v) is 4.80. The van der Waals surface area contributed by atoms with Crippen molar-refractivity contribution >= 4 is 11.6 Å². The number of aliphatic hydroxyl groups is 1. The lowest BCUT2D eigenvalue weighted by molar-refractivity contribution is 0.188. The number of rotatable bonds is 4. The minimum atomic E-state index is -0.505. The predicted octanol–water partition coefficient (Wildman–Crippen LogP) is 3.20. The molecule has 4 heteroatoms. The smallest absolute Gasteiger partial charge is 0.0955 e. The first kappa shape index (κ1) is 13.1. The Morgan fingerprint density at radius 2 is 2.00 bits per heavy atom. The summed E-state index contributed by atoms with van der Waals surface area (Å²) in [5.74, 6) is 0. The van der Waals surface area contributed by atoms with Crippen molar-refractivity contribution in [1.29, 1.82) is 0 Å². The van der Waals surface area contributed by atoms with Crippen LogP contribution in [0.25, 0.3) is 0 Å². The third-order valence-electron chi connectivity index (χ3n) is 2.95. The lowest BCUT2D eigenvalue weighted by Gasteiger charge is -2.12. The van der Waals surface area contributed by atoms with Gasteiger partial charge in [0.05, 0.1) is 23.8 Å². The fraction of sp³-hybridized carbons (Fsp3) is 0.357. The SMILES string of the molecule is CCc1ncn(Cc2ccc(Cl)cc2)c1C(C)O. The summed E-state index contributed by atoms with van der Waals surface area (Å²) in [6.07, 6.45) is 2.11. The number of hydrogen-bond acceptors (Lipinski definition) is 2. The van der Waals surface area contributed by atoms with E-state index in [1.807, 2.05) is 35.8 Å². The molecular weight excluding hydrogens is 248 g/mol. The number of hydrogen-bond donors (Lipinski definition) is 1. The molecule has 1 atom stereocenters. The van der Waals surface area contributed by atoms with Crippen molar-refractivity contribution in [3.05, 3.63) is 52.6 Å². The first-order chi connectivity index (χ1) is 8.61. The molecule has 0 aliphatic rings. The van der Waals surface area contributed by atoms with Gasteiger partial charge in [-0.3, -0.25) is 0 Å². The van der Waals surface area contributed by atoms with Gasteiger partial charge >= 0.3 is 0 Å². The van der Waals surface area contributed by atoms with E-state index in [-0.39, 0.29) is 0 Å². The molecule has 0 amide bonds. The maximum absolute atomic E-state index is 9.85. The normalized spacial score (nSPS) is 12.7. The molecule has 1 aromatic carbocycles. The van der Waals surface area contributed by atoms with E-state index in [1.165, 1.54) is 0 Å². The molecule has 0 aliphatic carbocycles. The molecule has 0 fully saturated rings. The highest BCUT2D eigenvalue weighted by atomic mass is 35.5. The average molecular weight is 265 g/mol. The summed E-state index contributed by atoms with van der Waals surface area (Å²) >= 11 is 5.86. The van der Waals surface area contributed by atoms with Gasteiger partial charge in [-0.25, -0.2) is 4.98 Å². The highest BCUT2D eigenvalue weighted by Gasteiger charge is 2.14. The van der Waals surface area contributed by atoms with Crippen LogP contribution in [0, 0.1) is 0 Å². The summed E-state index contributed by atoms with van der Waals surface area (Å²) in [5.41, 5.74) is 2.99. The Labute approximate surface area is 112 Å². The van der Waals surface area contributed by atoms with Gasteiger partial charge < -0.3 is 9.67 Å². The largest absolute Gasteiger partial charge is 0.387 e. The second-order valence-electron chi connectivity index (χ2n) is 4.36. The fourth-order valence-corrected chi connectivity index (χ4v) is 2.23. The van der Waals surface area contributed by atoms with E-state index >= 15 is 0 Å². The van der Waals surface area contributed by atoms with Gasteiger partial charge in [0.15, 0.2) is 0 Å². The number of benzene rings is 1. The number of imidazole rings is 1. The number of aliphatic hydroxyl groups excluding tert-OH is 1. The van der Waals surface area contributed by atoms with Gasteiger partial charge in [-0.15, -0.1) is 0 Å². The minimum absolute atomic E-state index is 0.505. The molecule has 0 radical (unpaired) electrons. The van der Waals surface area contributed by atoms with E-state index in [0.717, 1.165) is 28.4 Å². The summed E-state index contributed by atoms with van der Waals surface area (Å²) in [5, 5.41) is 10.6. The van der Waals surface area contributed by atoms with Crippen LogP contribution >= 0.6 is 11.6 Å². The molecule has 1 unspecified atom stereocenters. The van der Waals surface area contributed by atoms with Crippen LogP contribution in [0.1, 0.15) is 36.9 Å². The minimum Gasteiger partial charge on any atom is -0.387 e. The van der Waals surface area contributed by atoms with Crippen LogP contribution < -0.4 is 0 Å². The van der Waals surface area contributed by atoms with Crippen LogP contribution in [0.5, 0.6) is 0 Å². The Balaban J connectivity index is 2.28. The molecule has 0 spiro atoms. The molecule has 18 heavy (non-hydrogen) atoms. The van der Waals surface area contributed by atoms with E-state index in [1.54, 1.807) is 13.3 Å². The molecule has 1 heterocycles. The highest BCUT2D eigenvalue weighted by molar-refractivity contribution is 6.30. The topological polar surface area (TPSA) is 38.0 Å². The van der Waals surface area contributed by atoms with E-state index in [9.17, 15) is 5.11 Å². The Kier molecular flexibility index (Phi) is 4.04. The van der Waals surface area contributed by atoms with Gasteiger partial charge in [-0.1, -0.05) is 30.7 Å². The van der Waals surface area contributed by atoms with Crippen molar-refractivity contribution in [2.24, 2.45) is 0 Å². The standard InChI is InChI=1S/C14H17ClN2O/c1-3-13-14(10(2)18)17(9-16-13)8-11-4-6-12(15)7-5-11/h4-7,9-10,18H,3,8H2,1-2H3. The summed E-state index contributed by atoms with van der Waals surface area (Å²) in [6, 6.07) is 7.72. The number of halogens is 1. The number of aryl methyl sites for hydroxylation is 1. The molecular formula is C14H17ClN2O. The molecule has 1 N–H and O–H groups in total. The molecule has 3 nitrogen and oxygen atoms in total. The van der Waals surface area contributed by atoms with Gasteiger partial charge in [0, 0.05) is 11.6 Å². The zero-order valence-corrected chi connectivity index (χ0v) is 11.4. The summed E-state index contributed by atoms with van der Waals surface area (Å²) in [7, 11) is 0. The molecule has 1 aromatic heterocycles. The monoisotopic (exact) mass is 264 g/mol. The molecule has 0 bridgehead atoms. The van der Waals surface area contributed by atoms with Crippen LogP contribution in [-0.4, -0.2) is 14.7 Å². The number of aromatic nitrogens is 2. The summed E-state index contributed by atoms with van der Waals surface area (Å²) in [6.45, 7) is 4.51. The van der Waals surface area contributed by atoms with Crippen molar-refractivity contribution < 1.29 is 5.11 Å². The van der Waals surface area contributed by atoms with Gasteiger partial charge in [-0.2, -0.15) is 0 Å². The van der Waals surface area contributed by atoms with E-state index in [0.29, 0.717) is 6.54 Å². The lowest BCUT2D eigenvalue weighted by atomic mass is 10.1.